The van der Waals surface area contributed by atoms with Crippen LogP contribution in [0.1, 0.15) is 12.5 Å². The van der Waals surface area contributed by atoms with Crippen molar-refractivity contribution in [2.24, 2.45) is 0 Å². The molecule has 0 spiro atoms. The number of ether oxygens (including phenoxy) is 3. The van der Waals surface area contributed by atoms with Crippen molar-refractivity contribution in [3.63, 3.8) is 0 Å². The molecule has 134 valence electrons. The molecule has 1 atom stereocenters. The van der Waals surface area contributed by atoms with E-state index in [0.29, 0.717) is 35.4 Å². The van der Waals surface area contributed by atoms with Crippen LogP contribution in [0.5, 0.6) is 17.2 Å². The molecule has 0 saturated heterocycles. The molecule has 0 radical (unpaired) electrons. The number of aryl methyl sites for hydroxylation is 1. The van der Waals surface area contributed by atoms with E-state index in [1.807, 2.05) is 31.2 Å². The maximum atomic E-state index is 12.1. The molecule has 0 aromatic heterocycles. The summed E-state index contributed by atoms with van der Waals surface area (Å²) in [6.07, 6.45) is -0.648. The topological polar surface area (TPSA) is 56.8 Å². The van der Waals surface area contributed by atoms with Crippen LogP contribution in [-0.4, -0.2) is 32.3 Å². The molecule has 5 nitrogen and oxygen atoms in total. The van der Waals surface area contributed by atoms with Crippen molar-refractivity contribution >= 4 is 17.5 Å². The molecule has 0 aliphatic rings. The zero-order valence-corrected chi connectivity index (χ0v) is 15.3. The zero-order chi connectivity index (χ0) is 18.2. The van der Waals surface area contributed by atoms with Crippen molar-refractivity contribution in [2.45, 2.75) is 20.0 Å². The molecule has 1 amide bonds. The summed E-state index contributed by atoms with van der Waals surface area (Å²) in [5, 5.41) is 3.43. The Bertz CT molecular complexity index is 720. The number of carbonyl (C=O) groups excluding carboxylic acids is 1. The Morgan fingerprint density at radius 1 is 1.20 bits per heavy atom. The van der Waals surface area contributed by atoms with Crippen molar-refractivity contribution in [1.82, 2.24) is 5.32 Å². The summed E-state index contributed by atoms with van der Waals surface area (Å²) in [5.41, 5.74) is 0.990. The lowest BCUT2D eigenvalue weighted by Gasteiger charge is -2.16. The molecule has 0 fully saturated rings. The van der Waals surface area contributed by atoms with Crippen molar-refractivity contribution in [2.75, 3.05) is 20.3 Å². The van der Waals surface area contributed by atoms with E-state index in [-0.39, 0.29) is 5.91 Å². The van der Waals surface area contributed by atoms with E-state index in [9.17, 15) is 4.79 Å². The molecule has 2 aromatic carbocycles. The van der Waals surface area contributed by atoms with Gasteiger partial charge in [0.2, 0.25) is 0 Å². The van der Waals surface area contributed by atoms with Crippen LogP contribution < -0.4 is 19.5 Å². The Balaban J connectivity index is 1.76. The van der Waals surface area contributed by atoms with Crippen LogP contribution in [0.3, 0.4) is 0 Å². The van der Waals surface area contributed by atoms with Gasteiger partial charge in [0.15, 0.2) is 17.6 Å². The Hall–Kier alpha value is -2.40. The standard InChI is InChI=1S/C19H22ClNO4/c1-13-8-9-15(12-16(13)20)24-11-10-21-19(22)14(2)25-18-7-5-4-6-17(18)23-3/h4-9,12,14H,10-11H2,1-3H3,(H,21,22). The summed E-state index contributed by atoms with van der Waals surface area (Å²) in [4.78, 5) is 12.1. The number of methoxy groups -OCH3 is 1. The second-order valence-electron chi connectivity index (χ2n) is 5.46. The van der Waals surface area contributed by atoms with E-state index in [4.69, 9.17) is 25.8 Å². The normalized spacial score (nSPS) is 11.5. The van der Waals surface area contributed by atoms with E-state index in [1.54, 1.807) is 32.2 Å². The molecule has 0 heterocycles. The third-order valence-electron chi connectivity index (χ3n) is 3.56. The molecule has 0 aliphatic carbocycles. The lowest BCUT2D eigenvalue weighted by Crippen LogP contribution is -2.38. The summed E-state index contributed by atoms with van der Waals surface area (Å²) >= 11 is 6.04. The minimum atomic E-state index is -0.648. The fourth-order valence-electron chi connectivity index (χ4n) is 2.11. The van der Waals surface area contributed by atoms with Crippen LogP contribution >= 0.6 is 11.6 Å². The molecular weight excluding hydrogens is 342 g/mol. The van der Waals surface area contributed by atoms with Crippen LogP contribution in [0.2, 0.25) is 5.02 Å². The van der Waals surface area contributed by atoms with Crippen molar-refractivity contribution < 1.29 is 19.0 Å². The van der Waals surface area contributed by atoms with Crippen molar-refractivity contribution in [1.29, 1.82) is 0 Å². The quantitative estimate of drug-likeness (QED) is 0.728. The van der Waals surface area contributed by atoms with E-state index in [1.165, 1.54) is 0 Å². The van der Waals surface area contributed by atoms with Gasteiger partial charge in [-0.25, -0.2) is 0 Å². The Labute approximate surface area is 152 Å². The van der Waals surface area contributed by atoms with Gasteiger partial charge < -0.3 is 19.5 Å². The van der Waals surface area contributed by atoms with Crippen LogP contribution in [0, 0.1) is 6.92 Å². The fraction of sp³-hybridized carbons (Fsp3) is 0.316. The Morgan fingerprint density at radius 3 is 2.60 bits per heavy atom. The lowest BCUT2D eigenvalue weighted by molar-refractivity contribution is -0.127. The molecule has 6 heteroatoms. The van der Waals surface area contributed by atoms with Gasteiger partial charge in [0, 0.05) is 5.02 Å². The van der Waals surface area contributed by atoms with Crippen molar-refractivity contribution in [3.8, 4) is 17.2 Å². The number of benzene rings is 2. The highest BCUT2D eigenvalue weighted by Crippen LogP contribution is 2.26. The van der Waals surface area contributed by atoms with Gasteiger partial charge in [-0.05, 0) is 43.7 Å². The van der Waals surface area contributed by atoms with Gasteiger partial charge in [-0.15, -0.1) is 0 Å². The number of hydrogen-bond acceptors (Lipinski definition) is 4. The first kappa shape index (κ1) is 18.9. The van der Waals surface area contributed by atoms with Gasteiger partial charge in [0.05, 0.1) is 13.7 Å². The maximum absolute atomic E-state index is 12.1. The second-order valence-corrected chi connectivity index (χ2v) is 5.87. The first-order valence-electron chi connectivity index (χ1n) is 7.97. The van der Waals surface area contributed by atoms with E-state index in [2.05, 4.69) is 5.32 Å². The van der Waals surface area contributed by atoms with Gasteiger partial charge in [0.25, 0.3) is 5.91 Å². The summed E-state index contributed by atoms with van der Waals surface area (Å²) in [7, 11) is 1.56. The average Bonchev–Trinajstić information content (AvgIpc) is 2.61. The molecule has 2 rings (SSSR count). The van der Waals surface area contributed by atoms with E-state index >= 15 is 0 Å². The number of halogens is 1. The first-order valence-corrected chi connectivity index (χ1v) is 8.35. The van der Waals surface area contributed by atoms with Gasteiger partial charge in [-0.2, -0.15) is 0 Å². The number of rotatable bonds is 8. The molecule has 0 aliphatic heterocycles. The summed E-state index contributed by atoms with van der Waals surface area (Å²) in [6, 6.07) is 12.7. The predicted molar refractivity (Wildman–Crippen MR) is 97.8 cm³/mol. The third-order valence-corrected chi connectivity index (χ3v) is 3.96. The average molecular weight is 364 g/mol. The van der Waals surface area contributed by atoms with Gasteiger partial charge in [-0.1, -0.05) is 29.8 Å². The van der Waals surface area contributed by atoms with Crippen LogP contribution in [-0.2, 0) is 4.79 Å². The minimum Gasteiger partial charge on any atom is -0.493 e. The maximum Gasteiger partial charge on any atom is 0.260 e. The molecule has 0 bridgehead atoms. The lowest BCUT2D eigenvalue weighted by atomic mass is 10.2. The molecule has 25 heavy (non-hydrogen) atoms. The molecule has 1 N–H and O–H groups in total. The number of amides is 1. The third kappa shape index (κ3) is 5.57. The van der Waals surface area contributed by atoms with Gasteiger partial charge in [0.1, 0.15) is 12.4 Å². The smallest absolute Gasteiger partial charge is 0.260 e. The SMILES string of the molecule is COc1ccccc1OC(C)C(=O)NCCOc1ccc(C)c(Cl)c1. The number of hydrogen-bond donors (Lipinski definition) is 1. The molecule has 0 saturated carbocycles. The Kier molecular flexibility index (Phi) is 6.95. The number of carbonyl (C=O) groups is 1. The van der Waals surface area contributed by atoms with E-state index in [0.717, 1.165) is 5.56 Å². The Morgan fingerprint density at radius 2 is 1.92 bits per heavy atom. The zero-order valence-electron chi connectivity index (χ0n) is 14.5. The largest absolute Gasteiger partial charge is 0.493 e. The summed E-state index contributed by atoms with van der Waals surface area (Å²) in [6.45, 7) is 4.31. The number of para-hydroxylation sites is 2. The fourth-order valence-corrected chi connectivity index (χ4v) is 2.28. The van der Waals surface area contributed by atoms with Crippen LogP contribution in [0.4, 0.5) is 0 Å². The van der Waals surface area contributed by atoms with Crippen LogP contribution in [0.25, 0.3) is 0 Å². The highest BCUT2D eigenvalue weighted by atomic mass is 35.5. The number of nitrogens with one attached hydrogen (secondary N) is 1. The van der Waals surface area contributed by atoms with Crippen LogP contribution in [0.15, 0.2) is 42.5 Å². The monoisotopic (exact) mass is 363 g/mol. The summed E-state index contributed by atoms with van der Waals surface area (Å²) < 4.78 is 16.4. The second kappa shape index (κ2) is 9.18. The molecule has 1 unspecified atom stereocenters. The van der Waals surface area contributed by atoms with Crippen molar-refractivity contribution in [3.05, 3.63) is 53.1 Å². The van der Waals surface area contributed by atoms with Gasteiger partial charge in [-0.3, -0.25) is 4.79 Å². The van der Waals surface area contributed by atoms with Gasteiger partial charge >= 0.3 is 0 Å². The highest BCUT2D eigenvalue weighted by molar-refractivity contribution is 6.31. The minimum absolute atomic E-state index is 0.226. The van der Waals surface area contributed by atoms with E-state index < -0.39 is 6.10 Å². The predicted octanol–water partition coefficient (Wildman–Crippen LogP) is 3.62. The highest BCUT2D eigenvalue weighted by Gasteiger charge is 2.16. The molecular formula is C19H22ClNO4. The molecule has 2 aromatic rings. The first-order chi connectivity index (χ1) is 12.0. The summed E-state index contributed by atoms with van der Waals surface area (Å²) in [5.74, 6) is 1.56.